The molecule has 1 aromatic heterocycles. The summed E-state index contributed by atoms with van der Waals surface area (Å²) in [6.45, 7) is 6.10. The molecule has 0 aliphatic rings. The van der Waals surface area contributed by atoms with Gasteiger partial charge in [-0.25, -0.2) is 14.4 Å². The Kier molecular flexibility index (Phi) is 4.61. The van der Waals surface area contributed by atoms with Crippen molar-refractivity contribution in [2.75, 3.05) is 12.3 Å². The van der Waals surface area contributed by atoms with Crippen LogP contribution in [0.15, 0.2) is 0 Å². The van der Waals surface area contributed by atoms with E-state index in [2.05, 4.69) is 9.97 Å². The molecule has 90 valence electrons. The van der Waals surface area contributed by atoms with Gasteiger partial charge in [-0.2, -0.15) is 0 Å². The molecular weight excluding hydrogens is 209 g/mol. The molecule has 1 atom stereocenters. The third kappa shape index (κ3) is 2.88. The van der Waals surface area contributed by atoms with E-state index in [9.17, 15) is 4.39 Å². The van der Waals surface area contributed by atoms with Gasteiger partial charge in [0.15, 0.2) is 17.5 Å². The highest BCUT2D eigenvalue weighted by molar-refractivity contribution is 5.32. The first-order valence-electron chi connectivity index (χ1n) is 5.51. The lowest BCUT2D eigenvalue weighted by Crippen LogP contribution is -2.12. The van der Waals surface area contributed by atoms with Gasteiger partial charge in [-0.1, -0.05) is 13.3 Å². The van der Waals surface area contributed by atoms with Crippen LogP contribution < -0.4 is 5.73 Å². The average molecular weight is 227 g/mol. The van der Waals surface area contributed by atoms with Crippen LogP contribution in [-0.2, 0) is 4.74 Å². The van der Waals surface area contributed by atoms with Gasteiger partial charge in [0.1, 0.15) is 6.10 Å². The monoisotopic (exact) mass is 227 g/mol. The Morgan fingerprint density at radius 1 is 1.38 bits per heavy atom. The Hall–Kier alpha value is -1.23. The van der Waals surface area contributed by atoms with Crippen molar-refractivity contribution in [1.82, 2.24) is 9.97 Å². The van der Waals surface area contributed by atoms with E-state index in [1.807, 2.05) is 13.8 Å². The summed E-state index contributed by atoms with van der Waals surface area (Å²) in [5.74, 6) is -0.182. The molecule has 0 aliphatic carbocycles. The van der Waals surface area contributed by atoms with E-state index in [0.29, 0.717) is 12.4 Å². The van der Waals surface area contributed by atoms with Gasteiger partial charge < -0.3 is 10.5 Å². The van der Waals surface area contributed by atoms with Crippen LogP contribution in [0.3, 0.4) is 0 Å². The fourth-order valence-corrected chi connectivity index (χ4v) is 1.50. The number of aryl methyl sites for hydroxylation is 1. The van der Waals surface area contributed by atoms with E-state index in [4.69, 9.17) is 10.5 Å². The maximum absolute atomic E-state index is 13.3. The minimum Gasteiger partial charge on any atom is -0.381 e. The summed E-state index contributed by atoms with van der Waals surface area (Å²) in [5.41, 5.74) is 5.74. The van der Waals surface area contributed by atoms with Crippen LogP contribution in [-0.4, -0.2) is 16.6 Å². The van der Waals surface area contributed by atoms with E-state index >= 15 is 0 Å². The Labute approximate surface area is 95.0 Å². The summed E-state index contributed by atoms with van der Waals surface area (Å²) >= 11 is 0. The summed E-state index contributed by atoms with van der Waals surface area (Å²) in [4.78, 5) is 8.02. The summed E-state index contributed by atoms with van der Waals surface area (Å²) in [6, 6.07) is 0. The normalized spacial score (nSPS) is 12.8. The summed E-state index contributed by atoms with van der Waals surface area (Å²) < 4.78 is 18.8. The Balaban J connectivity index is 3.00. The second-order valence-electron chi connectivity index (χ2n) is 3.60. The van der Waals surface area contributed by atoms with Crippen molar-refractivity contribution in [1.29, 1.82) is 0 Å². The quantitative estimate of drug-likeness (QED) is 0.839. The van der Waals surface area contributed by atoms with Crippen molar-refractivity contribution in [3.8, 4) is 0 Å². The Morgan fingerprint density at radius 3 is 2.56 bits per heavy atom. The standard InChI is InChI=1S/C11H18FN3O/c1-4-6-8(16-5-2)11-14-7(3)9(12)10(13)15-11/h8H,4-6H2,1-3H3,(H2,13,14,15). The van der Waals surface area contributed by atoms with Crippen LogP contribution in [0.25, 0.3) is 0 Å². The lowest BCUT2D eigenvalue weighted by molar-refractivity contribution is 0.0492. The first kappa shape index (κ1) is 12.8. The number of halogens is 1. The van der Waals surface area contributed by atoms with E-state index in [1.165, 1.54) is 0 Å². The minimum absolute atomic E-state index is 0.108. The molecule has 1 unspecified atom stereocenters. The predicted octanol–water partition coefficient (Wildman–Crippen LogP) is 2.38. The van der Waals surface area contributed by atoms with Crippen LogP contribution in [0.4, 0.5) is 10.2 Å². The van der Waals surface area contributed by atoms with Gasteiger partial charge in [0, 0.05) is 6.61 Å². The van der Waals surface area contributed by atoms with E-state index in [-0.39, 0.29) is 17.6 Å². The lowest BCUT2D eigenvalue weighted by Gasteiger charge is -2.15. The molecule has 0 aromatic carbocycles. The van der Waals surface area contributed by atoms with E-state index in [1.54, 1.807) is 6.92 Å². The zero-order valence-corrected chi connectivity index (χ0v) is 9.96. The molecule has 5 heteroatoms. The zero-order chi connectivity index (χ0) is 12.1. The maximum Gasteiger partial charge on any atom is 0.186 e. The van der Waals surface area contributed by atoms with Crippen LogP contribution >= 0.6 is 0 Å². The van der Waals surface area contributed by atoms with Gasteiger partial charge in [0.25, 0.3) is 0 Å². The summed E-state index contributed by atoms with van der Waals surface area (Å²) in [5, 5.41) is 0. The minimum atomic E-state index is -0.546. The number of hydrogen-bond acceptors (Lipinski definition) is 4. The molecule has 0 aliphatic heterocycles. The number of nitrogens with two attached hydrogens (primary N) is 1. The fourth-order valence-electron chi connectivity index (χ4n) is 1.50. The van der Waals surface area contributed by atoms with E-state index in [0.717, 1.165) is 12.8 Å². The van der Waals surface area contributed by atoms with Crippen LogP contribution in [0.1, 0.15) is 44.3 Å². The second kappa shape index (κ2) is 5.75. The highest BCUT2D eigenvalue weighted by atomic mass is 19.1. The molecule has 0 fully saturated rings. The smallest absolute Gasteiger partial charge is 0.186 e. The van der Waals surface area contributed by atoms with Crippen LogP contribution in [0.2, 0.25) is 0 Å². The average Bonchev–Trinajstić information content (AvgIpc) is 2.25. The SMILES string of the molecule is CCCC(OCC)c1nc(C)c(F)c(N)n1. The number of rotatable bonds is 5. The molecule has 0 spiro atoms. The van der Waals surface area contributed by atoms with Gasteiger partial charge in [-0.3, -0.25) is 0 Å². The molecule has 0 saturated carbocycles. The largest absolute Gasteiger partial charge is 0.381 e. The third-order valence-electron chi connectivity index (χ3n) is 2.27. The van der Waals surface area contributed by atoms with E-state index < -0.39 is 5.82 Å². The molecule has 0 bridgehead atoms. The van der Waals surface area contributed by atoms with Crippen molar-refractivity contribution in [2.24, 2.45) is 0 Å². The Morgan fingerprint density at radius 2 is 2.06 bits per heavy atom. The first-order valence-corrected chi connectivity index (χ1v) is 5.51. The first-order chi connectivity index (χ1) is 7.60. The summed E-state index contributed by atoms with van der Waals surface area (Å²) in [7, 11) is 0. The highest BCUT2D eigenvalue weighted by Crippen LogP contribution is 2.22. The number of ether oxygens (including phenoxy) is 1. The van der Waals surface area contributed by atoms with Gasteiger partial charge in [0.05, 0.1) is 5.69 Å². The fraction of sp³-hybridized carbons (Fsp3) is 0.636. The zero-order valence-electron chi connectivity index (χ0n) is 9.96. The summed E-state index contributed by atoms with van der Waals surface area (Å²) in [6.07, 6.45) is 1.56. The predicted molar refractivity (Wildman–Crippen MR) is 60.4 cm³/mol. The third-order valence-corrected chi connectivity index (χ3v) is 2.27. The lowest BCUT2D eigenvalue weighted by atomic mass is 10.2. The number of nitrogens with zero attached hydrogens (tertiary/aromatic N) is 2. The number of hydrogen-bond donors (Lipinski definition) is 1. The Bertz CT molecular complexity index is 328. The van der Waals surface area contributed by atoms with Crippen LogP contribution in [0, 0.1) is 12.7 Å². The number of anilines is 1. The maximum atomic E-state index is 13.3. The van der Waals surface area contributed by atoms with Crippen molar-refractivity contribution in [2.45, 2.75) is 39.7 Å². The molecule has 1 rings (SSSR count). The van der Waals surface area contributed by atoms with Crippen molar-refractivity contribution in [3.63, 3.8) is 0 Å². The van der Waals surface area contributed by atoms with Gasteiger partial charge in [-0.05, 0) is 20.3 Å². The number of aromatic nitrogens is 2. The van der Waals surface area contributed by atoms with Crippen molar-refractivity contribution in [3.05, 3.63) is 17.3 Å². The molecule has 2 N–H and O–H groups in total. The van der Waals surface area contributed by atoms with Gasteiger partial charge in [-0.15, -0.1) is 0 Å². The van der Waals surface area contributed by atoms with Crippen molar-refractivity contribution < 1.29 is 9.13 Å². The topological polar surface area (TPSA) is 61.0 Å². The second-order valence-corrected chi connectivity index (χ2v) is 3.60. The number of nitrogen functional groups attached to an aromatic ring is 1. The molecule has 0 amide bonds. The molecule has 16 heavy (non-hydrogen) atoms. The van der Waals surface area contributed by atoms with Crippen molar-refractivity contribution >= 4 is 5.82 Å². The highest BCUT2D eigenvalue weighted by Gasteiger charge is 2.17. The molecule has 0 saturated heterocycles. The molecule has 4 nitrogen and oxygen atoms in total. The molecule has 1 heterocycles. The molecule has 1 aromatic rings. The molecule has 0 radical (unpaired) electrons. The van der Waals surface area contributed by atoms with Crippen LogP contribution in [0.5, 0.6) is 0 Å². The van der Waals surface area contributed by atoms with Gasteiger partial charge in [0.2, 0.25) is 0 Å². The molecular formula is C11H18FN3O. The van der Waals surface area contributed by atoms with Gasteiger partial charge >= 0.3 is 0 Å².